The van der Waals surface area contributed by atoms with E-state index in [2.05, 4.69) is 9.51 Å². The van der Waals surface area contributed by atoms with E-state index >= 15 is 0 Å². The molecule has 12 heteroatoms. The summed E-state index contributed by atoms with van der Waals surface area (Å²) in [5, 5.41) is 30.1. The number of aliphatic hydroxyl groups is 2. The maximum atomic E-state index is 10.8. The number of imidazole rings is 1. The van der Waals surface area contributed by atoms with Crippen molar-refractivity contribution >= 4 is 19.0 Å². The van der Waals surface area contributed by atoms with Gasteiger partial charge < -0.3 is 29.8 Å². The second-order valence-electron chi connectivity index (χ2n) is 5.47. The van der Waals surface area contributed by atoms with Gasteiger partial charge in [-0.05, 0) is 0 Å². The Morgan fingerprint density at radius 1 is 1.42 bits per heavy atom. The number of rotatable bonds is 4. The molecule has 2 aromatic rings. The van der Waals surface area contributed by atoms with Crippen LogP contribution in [0.3, 0.4) is 0 Å². The Balaban J connectivity index is 1.90. The maximum Gasteiger partial charge on any atom is 0.469 e. The molecule has 1 aliphatic rings. The molecule has 0 amide bonds. The molecule has 0 spiro atoms. The Labute approximate surface area is 135 Å². The smallest absolute Gasteiger partial charge is 0.469 e. The minimum atomic E-state index is -4.73. The molecule has 0 bridgehead atoms. The lowest BCUT2D eigenvalue weighted by Gasteiger charge is -2.14. The lowest BCUT2D eigenvalue weighted by molar-refractivity contribution is -0.646. The van der Waals surface area contributed by atoms with Crippen LogP contribution in [-0.2, 0) is 20.9 Å². The third kappa shape index (κ3) is 3.03. The molecule has 0 saturated carbocycles. The molecule has 3 heterocycles. The molecule has 5 N–H and O–H groups in total. The van der Waals surface area contributed by atoms with Crippen molar-refractivity contribution in [3.8, 4) is 5.75 Å². The van der Waals surface area contributed by atoms with Gasteiger partial charge in [-0.25, -0.2) is 14.1 Å². The number of nitrogens with zero attached hydrogens (tertiary/aromatic N) is 3. The van der Waals surface area contributed by atoms with Crippen molar-refractivity contribution in [1.82, 2.24) is 9.55 Å². The highest BCUT2D eigenvalue weighted by molar-refractivity contribution is 7.46. The predicted molar refractivity (Wildman–Crippen MR) is 76.5 cm³/mol. The van der Waals surface area contributed by atoms with Crippen LogP contribution in [0.5, 0.6) is 5.75 Å². The van der Waals surface area contributed by atoms with E-state index in [1.54, 1.807) is 11.6 Å². The fraction of sp³-hybridized carbons (Fsp3) is 0.500. The fourth-order valence-electron chi connectivity index (χ4n) is 2.71. The summed E-state index contributed by atoms with van der Waals surface area (Å²) in [7, 11) is -3.07. The van der Waals surface area contributed by atoms with E-state index < -0.39 is 39.0 Å². The van der Waals surface area contributed by atoms with Crippen molar-refractivity contribution in [2.45, 2.75) is 24.5 Å². The molecule has 0 radical (unpaired) electrons. The number of aryl methyl sites for hydroxylation is 1. The predicted octanol–water partition coefficient (Wildman–Crippen LogP) is -1.71. The zero-order chi connectivity index (χ0) is 17.6. The summed E-state index contributed by atoms with van der Waals surface area (Å²) in [6.07, 6.45) is -2.11. The second kappa shape index (κ2) is 6.05. The molecule has 0 aliphatic carbocycles. The van der Waals surface area contributed by atoms with Crippen LogP contribution in [-0.4, -0.2) is 59.6 Å². The first-order valence-electron chi connectivity index (χ1n) is 6.95. The summed E-state index contributed by atoms with van der Waals surface area (Å²) < 4.78 is 23.6. The van der Waals surface area contributed by atoms with E-state index in [4.69, 9.17) is 14.5 Å². The maximum absolute atomic E-state index is 10.8. The van der Waals surface area contributed by atoms with Crippen LogP contribution < -0.4 is 4.57 Å². The lowest BCUT2D eigenvalue weighted by atomic mass is 10.1. The molecule has 1 aliphatic heterocycles. The van der Waals surface area contributed by atoms with E-state index in [0.717, 1.165) is 0 Å². The van der Waals surface area contributed by atoms with Crippen LogP contribution >= 0.6 is 7.82 Å². The minimum Gasteiger partial charge on any atom is -0.504 e. The van der Waals surface area contributed by atoms with Gasteiger partial charge in [0.25, 0.3) is 5.65 Å². The Hall–Kier alpha value is -1.59. The van der Waals surface area contributed by atoms with Gasteiger partial charge in [0.1, 0.15) is 18.3 Å². The number of phosphoric ester groups is 1. The minimum absolute atomic E-state index is 0.0179. The number of ether oxygens (including phenoxy) is 1. The first-order valence-corrected chi connectivity index (χ1v) is 8.48. The quantitative estimate of drug-likeness (QED) is 0.315. The first-order chi connectivity index (χ1) is 11.2. The third-order valence-corrected chi connectivity index (χ3v) is 4.28. The highest BCUT2D eigenvalue weighted by atomic mass is 31.2. The average molecular weight is 362 g/mol. The van der Waals surface area contributed by atoms with E-state index in [1.165, 1.54) is 23.2 Å². The lowest BCUT2D eigenvalue weighted by Crippen LogP contribution is -2.33. The molecule has 1 unspecified atom stereocenters. The second-order valence-corrected chi connectivity index (χ2v) is 6.71. The van der Waals surface area contributed by atoms with Crippen molar-refractivity contribution < 1.29 is 43.5 Å². The van der Waals surface area contributed by atoms with Gasteiger partial charge in [-0.3, -0.25) is 4.52 Å². The highest BCUT2D eigenvalue weighted by Gasteiger charge is 2.48. The average Bonchev–Trinajstić information content (AvgIpc) is 2.96. The van der Waals surface area contributed by atoms with Crippen LogP contribution in [0.2, 0.25) is 0 Å². The van der Waals surface area contributed by atoms with Gasteiger partial charge in [0.2, 0.25) is 18.1 Å². The number of aromatic nitrogens is 3. The van der Waals surface area contributed by atoms with Crippen molar-refractivity contribution in [3.63, 3.8) is 0 Å². The van der Waals surface area contributed by atoms with E-state index in [0.29, 0.717) is 11.2 Å². The summed E-state index contributed by atoms with van der Waals surface area (Å²) >= 11 is 0. The van der Waals surface area contributed by atoms with Crippen molar-refractivity contribution in [2.75, 3.05) is 6.61 Å². The molecule has 24 heavy (non-hydrogen) atoms. The Bertz CT molecular complexity index is 805. The molecule has 1 saturated heterocycles. The fourth-order valence-corrected chi connectivity index (χ4v) is 3.05. The molecular formula is C12H17N3O8P+. The van der Waals surface area contributed by atoms with Gasteiger partial charge in [-0.1, -0.05) is 0 Å². The van der Waals surface area contributed by atoms with E-state index in [-0.39, 0.29) is 5.75 Å². The van der Waals surface area contributed by atoms with E-state index in [9.17, 15) is 19.9 Å². The zero-order valence-electron chi connectivity index (χ0n) is 12.5. The standard InChI is InChI=1S/C12H16N3O8P/c1-14-5-15(11-8(14)6(16)2-3-13-11)12-10(18)9(17)7(23-12)4-22-24(19,20)21/h2-3,5,7,9-10,12,17-18H,4H2,1H3,(H2-,13,16,19,20,21)/p+1/t7-,9-,10-,12?/m1/s1. The number of hydrogen-bond donors (Lipinski definition) is 5. The van der Waals surface area contributed by atoms with Crippen LogP contribution in [0.15, 0.2) is 18.6 Å². The van der Waals surface area contributed by atoms with Gasteiger partial charge in [-0.15, -0.1) is 0 Å². The number of hydrogen-bond acceptors (Lipinski definition) is 7. The Kier molecular flexibility index (Phi) is 4.34. The van der Waals surface area contributed by atoms with Crippen LogP contribution in [0.4, 0.5) is 0 Å². The van der Waals surface area contributed by atoms with Crippen LogP contribution in [0.25, 0.3) is 11.2 Å². The van der Waals surface area contributed by atoms with Crippen LogP contribution in [0, 0.1) is 0 Å². The summed E-state index contributed by atoms with van der Waals surface area (Å²) in [5.74, 6) is -0.0179. The van der Waals surface area contributed by atoms with Crippen LogP contribution in [0.1, 0.15) is 6.23 Å². The SMILES string of the molecule is C[n+]1cn(C2O[C@H](COP(=O)(O)O)[C@@H](O)[C@H]2O)c2nccc(O)c21. The number of phosphoric acid groups is 1. The Morgan fingerprint density at radius 3 is 2.79 bits per heavy atom. The molecule has 0 aromatic carbocycles. The van der Waals surface area contributed by atoms with Gasteiger partial charge in [0.15, 0.2) is 5.75 Å². The van der Waals surface area contributed by atoms with Gasteiger partial charge in [0.05, 0.1) is 13.7 Å². The summed E-state index contributed by atoms with van der Waals surface area (Å²) in [6.45, 7) is -0.594. The zero-order valence-corrected chi connectivity index (χ0v) is 13.4. The number of aliphatic hydroxyl groups excluding tert-OH is 2. The summed E-state index contributed by atoms with van der Waals surface area (Å²) in [4.78, 5) is 21.6. The number of fused-ring (bicyclic) bond motifs is 1. The summed E-state index contributed by atoms with van der Waals surface area (Å²) in [5.41, 5.74) is 0.711. The highest BCUT2D eigenvalue weighted by Crippen LogP contribution is 2.38. The first kappa shape index (κ1) is 17.2. The normalized spacial score (nSPS) is 27.9. The molecule has 3 rings (SSSR count). The van der Waals surface area contributed by atoms with Gasteiger partial charge in [0, 0.05) is 12.3 Å². The van der Waals surface area contributed by atoms with Crippen molar-refractivity contribution in [1.29, 1.82) is 0 Å². The van der Waals surface area contributed by atoms with Crippen molar-refractivity contribution in [3.05, 3.63) is 18.6 Å². The van der Waals surface area contributed by atoms with Crippen molar-refractivity contribution in [2.24, 2.45) is 7.05 Å². The number of pyridine rings is 1. The molecular weight excluding hydrogens is 345 g/mol. The van der Waals surface area contributed by atoms with Gasteiger partial charge in [-0.2, -0.15) is 4.57 Å². The third-order valence-electron chi connectivity index (χ3n) is 3.80. The molecule has 4 atom stereocenters. The topological polar surface area (TPSA) is 158 Å². The molecule has 1 fully saturated rings. The molecule has 132 valence electrons. The summed E-state index contributed by atoms with van der Waals surface area (Å²) in [6, 6.07) is 1.41. The Morgan fingerprint density at radius 2 is 2.12 bits per heavy atom. The van der Waals surface area contributed by atoms with E-state index in [1.807, 2.05) is 0 Å². The number of aromatic hydroxyl groups is 1. The largest absolute Gasteiger partial charge is 0.504 e. The van der Waals surface area contributed by atoms with Gasteiger partial charge >= 0.3 is 7.82 Å². The monoisotopic (exact) mass is 362 g/mol. The molecule has 11 nitrogen and oxygen atoms in total. The molecule has 2 aromatic heterocycles.